The van der Waals surface area contributed by atoms with Crippen LogP contribution in [0.4, 0.5) is 16.2 Å². The molecule has 0 heterocycles. The Balaban J connectivity index is 2.42. The van der Waals surface area contributed by atoms with E-state index in [1.54, 1.807) is 0 Å². The van der Waals surface area contributed by atoms with Gasteiger partial charge < -0.3 is 15.6 Å². The van der Waals surface area contributed by atoms with Gasteiger partial charge in [0.05, 0.1) is 6.42 Å². The van der Waals surface area contributed by atoms with Gasteiger partial charge in [-0.3, -0.25) is 9.59 Å². The topological polar surface area (TPSA) is 114 Å². The van der Waals surface area contributed by atoms with Crippen LogP contribution in [0, 0.1) is 5.21 Å². The zero-order valence-corrected chi connectivity index (χ0v) is 10.1. The standard InChI is InChI=1S/C10H12N2O5S/c13-9(14)5-6-18-10(15)11-7-1-3-8(4-2-7)12(16)17/h1-4,12,16H,5-6H2,(H,11,15)(H,13,14). The van der Waals surface area contributed by atoms with Crippen molar-refractivity contribution >= 4 is 34.3 Å². The summed E-state index contributed by atoms with van der Waals surface area (Å²) >= 11 is 0.863. The van der Waals surface area contributed by atoms with Crippen molar-refractivity contribution in [2.24, 2.45) is 0 Å². The Labute approximate surface area is 107 Å². The zero-order valence-electron chi connectivity index (χ0n) is 9.25. The highest BCUT2D eigenvalue weighted by atomic mass is 32.2. The molecular formula is C10H12N2O5S. The fourth-order valence-electron chi connectivity index (χ4n) is 1.08. The van der Waals surface area contributed by atoms with E-state index in [1.807, 2.05) is 0 Å². The molecule has 0 bridgehead atoms. The number of amides is 1. The molecule has 0 aliphatic carbocycles. The summed E-state index contributed by atoms with van der Waals surface area (Å²) in [7, 11) is 0. The van der Waals surface area contributed by atoms with Crippen molar-refractivity contribution in [1.82, 2.24) is 0 Å². The lowest BCUT2D eigenvalue weighted by Crippen LogP contribution is -2.99. The van der Waals surface area contributed by atoms with E-state index < -0.39 is 11.2 Å². The van der Waals surface area contributed by atoms with Gasteiger partial charge in [0.2, 0.25) is 0 Å². The summed E-state index contributed by atoms with van der Waals surface area (Å²) in [5.74, 6) is -0.768. The van der Waals surface area contributed by atoms with Crippen LogP contribution in [0.5, 0.6) is 0 Å². The first-order valence-corrected chi connectivity index (χ1v) is 5.96. The van der Waals surface area contributed by atoms with E-state index in [2.05, 4.69) is 5.32 Å². The number of thioether (sulfide) groups is 1. The minimum Gasteiger partial charge on any atom is -0.595 e. The van der Waals surface area contributed by atoms with Crippen LogP contribution in [-0.2, 0) is 4.79 Å². The molecule has 1 unspecified atom stereocenters. The van der Waals surface area contributed by atoms with Crippen LogP contribution in [0.3, 0.4) is 0 Å². The van der Waals surface area contributed by atoms with Crippen molar-refractivity contribution in [3.05, 3.63) is 29.5 Å². The molecule has 4 N–H and O–H groups in total. The lowest BCUT2D eigenvalue weighted by atomic mass is 10.3. The van der Waals surface area contributed by atoms with Crippen LogP contribution in [0.1, 0.15) is 6.42 Å². The second kappa shape index (κ2) is 6.97. The quantitative estimate of drug-likeness (QED) is 0.590. The predicted molar refractivity (Wildman–Crippen MR) is 65.9 cm³/mol. The van der Waals surface area contributed by atoms with E-state index in [0.29, 0.717) is 5.69 Å². The van der Waals surface area contributed by atoms with Gasteiger partial charge in [0, 0.05) is 23.6 Å². The lowest BCUT2D eigenvalue weighted by Gasteiger charge is -2.11. The van der Waals surface area contributed by atoms with Crippen molar-refractivity contribution in [3.63, 3.8) is 0 Å². The molecule has 1 atom stereocenters. The summed E-state index contributed by atoms with van der Waals surface area (Å²) in [5.41, 5.74) is 0.597. The molecule has 1 aromatic rings. The van der Waals surface area contributed by atoms with E-state index in [1.165, 1.54) is 24.3 Å². The van der Waals surface area contributed by atoms with Crippen LogP contribution in [0.2, 0.25) is 0 Å². The number of carboxylic acids is 1. The smallest absolute Gasteiger partial charge is 0.304 e. The SMILES string of the molecule is O=C(O)CCSC(=O)Nc1ccc([NH+]([O-])O)cc1. The highest BCUT2D eigenvalue weighted by molar-refractivity contribution is 8.13. The second-order valence-corrected chi connectivity index (χ2v) is 4.35. The van der Waals surface area contributed by atoms with Gasteiger partial charge in [0.25, 0.3) is 5.24 Å². The van der Waals surface area contributed by atoms with Crippen molar-refractivity contribution in [2.75, 3.05) is 11.1 Å². The van der Waals surface area contributed by atoms with Crippen molar-refractivity contribution < 1.29 is 25.1 Å². The number of carboxylic acid groups (broad SMARTS) is 1. The van der Waals surface area contributed by atoms with Crippen LogP contribution in [0.25, 0.3) is 0 Å². The highest BCUT2D eigenvalue weighted by Gasteiger charge is 2.06. The molecule has 7 nitrogen and oxygen atoms in total. The maximum atomic E-state index is 11.4. The molecule has 0 spiro atoms. The zero-order chi connectivity index (χ0) is 13.5. The molecule has 1 amide bonds. The number of benzene rings is 1. The third-order valence-corrected chi connectivity index (χ3v) is 2.70. The number of quaternary nitrogens is 1. The first-order valence-electron chi connectivity index (χ1n) is 4.98. The highest BCUT2D eigenvalue weighted by Crippen LogP contribution is 2.14. The summed E-state index contributed by atoms with van der Waals surface area (Å²) < 4.78 is 0. The van der Waals surface area contributed by atoms with Crippen LogP contribution in [0.15, 0.2) is 24.3 Å². The molecule has 1 rings (SSSR count). The van der Waals surface area contributed by atoms with Gasteiger partial charge in [-0.25, -0.2) is 5.21 Å². The number of hydrogen-bond acceptors (Lipinski definition) is 5. The summed E-state index contributed by atoms with van der Waals surface area (Å²) in [6.45, 7) is 0. The van der Waals surface area contributed by atoms with E-state index in [-0.39, 0.29) is 23.1 Å². The third-order valence-electron chi connectivity index (χ3n) is 1.93. The molecule has 18 heavy (non-hydrogen) atoms. The van der Waals surface area contributed by atoms with Crippen LogP contribution in [-0.4, -0.2) is 27.3 Å². The molecule has 0 saturated heterocycles. The normalized spacial score (nSPS) is 11.9. The molecule has 98 valence electrons. The van der Waals surface area contributed by atoms with Gasteiger partial charge >= 0.3 is 5.97 Å². The largest absolute Gasteiger partial charge is 0.595 e. The first-order chi connectivity index (χ1) is 8.49. The second-order valence-electron chi connectivity index (χ2n) is 3.29. The molecular weight excluding hydrogens is 260 g/mol. The fourth-order valence-corrected chi connectivity index (χ4v) is 1.73. The van der Waals surface area contributed by atoms with Gasteiger partial charge in [0.15, 0.2) is 5.69 Å². The molecule has 1 aromatic carbocycles. The third kappa shape index (κ3) is 5.15. The summed E-state index contributed by atoms with van der Waals surface area (Å²) in [6.07, 6.45) is -0.0873. The first kappa shape index (κ1) is 14.5. The Bertz CT molecular complexity index is 421. The monoisotopic (exact) mass is 272 g/mol. The summed E-state index contributed by atoms with van der Waals surface area (Å²) in [5, 5.41) is 28.8. The van der Waals surface area contributed by atoms with Crippen LogP contribution < -0.4 is 10.5 Å². The van der Waals surface area contributed by atoms with E-state index in [0.717, 1.165) is 11.8 Å². The Hall–Kier alpha value is -1.61. The molecule has 0 aliphatic rings. The maximum absolute atomic E-state index is 11.4. The number of nitrogens with one attached hydrogen (secondary N) is 2. The molecule has 0 saturated carbocycles. The number of aliphatic carboxylic acids is 1. The van der Waals surface area contributed by atoms with Crippen molar-refractivity contribution in [1.29, 1.82) is 0 Å². The van der Waals surface area contributed by atoms with Gasteiger partial charge in [-0.1, -0.05) is 11.8 Å². The van der Waals surface area contributed by atoms with Gasteiger partial charge in [-0.05, 0) is 12.1 Å². The Morgan fingerprint density at radius 3 is 2.44 bits per heavy atom. The predicted octanol–water partition coefficient (Wildman–Crippen LogP) is 0.830. The molecule has 0 fully saturated rings. The number of carbonyl (C=O) groups is 2. The Morgan fingerprint density at radius 2 is 1.94 bits per heavy atom. The summed E-state index contributed by atoms with van der Waals surface area (Å²) in [6, 6.07) is 5.69. The fraction of sp³-hybridized carbons (Fsp3) is 0.200. The number of anilines is 1. The Morgan fingerprint density at radius 1 is 1.33 bits per heavy atom. The van der Waals surface area contributed by atoms with Crippen LogP contribution >= 0.6 is 11.8 Å². The number of hydrogen-bond donors (Lipinski definition) is 4. The molecule has 0 aliphatic heterocycles. The van der Waals surface area contributed by atoms with E-state index >= 15 is 0 Å². The minimum atomic E-state index is -1.04. The van der Waals surface area contributed by atoms with Gasteiger partial charge in [0.1, 0.15) is 0 Å². The minimum absolute atomic E-state index is 0.0873. The van der Waals surface area contributed by atoms with Crippen molar-refractivity contribution in [2.45, 2.75) is 6.42 Å². The lowest BCUT2D eigenvalue weighted by molar-refractivity contribution is -0.991. The van der Waals surface area contributed by atoms with E-state index in [9.17, 15) is 14.8 Å². The number of rotatable bonds is 5. The Kier molecular flexibility index (Phi) is 5.59. The molecule has 8 heteroatoms. The molecule has 0 aromatic heterocycles. The number of carbonyl (C=O) groups excluding carboxylic acids is 1. The average Bonchev–Trinajstić information content (AvgIpc) is 2.29. The maximum Gasteiger partial charge on any atom is 0.304 e. The summed E-state index contributed by atoms with van der Waals surface area (Å²) in [4.78, 5) is 21.6. The van der Waals surface area contributed by atoms with Gasteiger partial charge in [-0.15, -0.1) is 0 Å². The molecule has 0 radical (unpaired) electrons. The van der Waals surface area contributed by atoms with E-state index in [4.69, 9.17) is 10.3 Å². The van der Waals surface area contributed by atoms with Crippen molar-refractivity contribution in [3.8, 4) is 0 Å². The average molecular weight is 272 g/mol. The van der Waals surface area contributed by atoms with Gasteiger partial charge in [-0.2, -0.15) is 5.23 Å².